The van der Waals surface area contributed by atoms with Crippen LogP contribution in [0.1, 0.15) is 109 Å². The standard InChI is InChI=1S/C32H41NO4S/c1-4-37-31(35)28-29-26(38-30(28)33-27(34)14-9-19-7-5-6-8-19)18-25-24-12-10-20-17-21(36-3)11-13-22(20)23(24)15-16-32(25,29)2/h11,13,17,19,23-25H,4-10,12,14-16,18H2,1-3H3,(H,33,34)/t23-,24-,25-,32-/m0/s1. The molecule has 2 saturated carbocycles. The third kappa shape index (κ3) is 4.37. The lowest BCUT2D eigenvalue weighted by Crippen LogP contribution is -2.43. The van der Waals surface area contributed by atoms with Gasteiger partial charge in [0, 0.05) is 11.3 Å². The monoisotopic (exact) mass is 535 g/mol. The molecule has 4 aliphatic rings. The molecule has 6 rings (SSSR count). The van der Waals surface area contributed by atoms with Crippen LogP contribution in [0.15, 0.2) is 18.2 Å². The molecule has 0 bridgehead atoms. The van der Waals surface area contributed by atoms with Crippen LogP contribution >= 0.6 is 11.3 Å². The second kappa shape index (κ2) is 10.3. The Morgan fingerprint density at radius 3 is 2.74 bits per heavy atom. The van der Waals surface area contributed by atoms with Gasteiger partial charge in [-0.1, -0.05) is 38.7 Å². The number of hydrogen-bond donors (Lipinski definition) is 1. The van der Waals surface area contributed by atoms with Gasteiger partial charge in [0.25, 0.3) is 0 Å². The molecule has 1 aromatic heterocycles. The van der Waals surface area contributed by atoms with Crippen LogP contribution in [0.4, 0.5) is 5.00 Å². The third-order valence-corrected chi connectivity index (χ3v) is 11.4. The van der Waals surface area contributed by atoms with Crippen LogP contribution < -0.4 is 10.1 Å². The third-order valence-electron chi connectivity index (χ3n) is 10.3. The highest BCUT2D eigenvalue weighted by Crippen LogP contribution is 2.63. The minimum Gasteiger partial charge on any atom is -0.497 e. The van der Waals surface area contributed by atoms with Gasteiger partial charge in [0.15, 0.2) is 0 Å². The largest absolute Gasteiger partial charge is 0.497 e. The van der Waals surface area contributed by atoms with Crippen LogP contribution in [0.2, 0.25) is 0 Å². The lowest BCUT2D eigenvalue weighted by atomic mass is 9.54. The zero-order valence-electron chi connectivity index (χ0n) is 23.1. The average molecular weight is 536 g/mol. The number of benzene rings is 1. The summed E-state index contributed by atoms with van der Waals surface area (Å²) in [7, 11) is 1.74. The number of hydrogen-bond acceptors (Lipinski definition) is 5. The van der Waals surface area contributed by atoms with Gasteiger partial charge in [0.1, 0.15) is 10.8 Å². The van der Waals surface area contributed by atoms with Gasteiger partial charge in [-0.3, -0.25) is 4.79 Å². The molecule has 4 aliphatic carbocycles. The summed E-state index contributed by atoms with van der Waals surface area (Å²) in [6, 6.07) is 6.63. The number of fused-ring (bicyclic) bond motifs is 7. The molecule has 204 valence electrons. The van der Waals surface area contributed by atoms with E-state index < -0.39 is 0 Å². The molecule has 5 nitrogen and oxygen atoms in total. The molecule has 2 aromatic rings. The lowest BCUT2D eigenvalue weighted by Gasteiger charge is -2.49. The maximum absolute atomic E-state index is 13.4. The van der Waals surface area contributed by atoms with E-state index in [1.54, 1.807) is 18.4 Å². The topological polar surface area (TPSA) is 64.6 Å². The Morgan fingerprint density at radius 2 is 1.97 bits per heavy atom. The molecule has 1 N–H and O–H groups in total. The number of nitrogens with one attached hydrogen (secondary N) is 1. The first-order chi connectivity index (χ1) is 18.4. The molecule has 4 atom stereocenters. The second-order valence-corrected chi connectivity index (χ2v) is 13.3. The summed E-state index contributed by atoms with van der Waals surface area (Å²) in [6.07, 6.45) is 12.0. The van der Waals surface area contributed by atoms with E-state index in [2.05, 4.69) is 30.4 Å². The smallest absolute Gasteiger partial charge is 0.341 e. The summed E-state index contributed by atoms with van der Waals surface area (Å²) >= 11 is 1.63. The Kier molecular flexibility index (Phi) is 7.04. The van der Waals surface area contributed by atoms with Crippen LogP contribution in [0.3, 0.4) is 0 Å². The highest BCUT2D eigenvalue weighted by molar-refractivity contribution is 7.17. The molecule has 1 heterocycles. The van der Waals surface area contributed by atoms with Gasteiger partial charge in [-0.25, -0.2) is 4.79 Å². The van der Waals surface area contributed by atoms with Crippen molar-refractivity contribution >= 4 is 28.2 Å². The maximum Gasteiger partial charge on any atom is 0.341 e. The van der Waals surface area contributed by atoms with Crippen molar-refractivity contribution in [3.05, 3.63) is 45.3 Å². The fourth-order valence-electron chi connectivity index (χ4n) is 8.43. The summed E-state index contributed by atoms with van der Waals surface area (Å²) < 4.78 is 11.1. The first kappa shape index (κ1) is 25.9. The van der Waals surface area contributed by atoms with E-state index >= 15 is 0 Å². The minimum absolute atomic E-state index is 0.0344. The molecule has 1 amide bonds. The predicted octanol–water partition coefficient (Wildman–Crippen LogP) is 7.41. The van der Waals surface area contributed by atoms with Crippen molar-refractivity contribution in [1.82, 2.24) is 0 Å². The molecule has 0 spiro atoms. The fourth-order valence-corrected chi connectivity index (χ4v) is 9.83. The van der Waals surface area contributed by atoms with Crippen LogP contribution in [0, 0.1) is 17.8 Å². The van der Waals surface area contributed by atoms with E-state index in [0.717, 1.165) is 37.9 Å². The van der Waals surface area contributed by atoms with E-state index in [4.69, 9.17) is 9.47 Å². The first-order valence-corrected chi connectivity index (χ1v) is 15.5. The molecule has 0 aliphatic heterocycles. The second-order valence-electron chi connectivity index (χ2n) is 12.2. The lowest BCUT2D eigenvalue weighted by molar-refractivity contribution is -0.116. The first-order valence-electron chi connectivity index (χ1n) is 14.7. The SMILES string of the molecule is CCOC(=O)c1c(NC(=O)CCC2CCCC2)sc2c1[C@@]1(C)CC[C@H]3c4ccc(OC)cc4CC[C@@H]3[C@@H]1C2. The molecule has 2 fully saturated rings. The van der Waals surface area contributed by atoms with Crippen molar-refractivity contribution in [3.63, 3.8) is 0 Å². The van der Waals surface area contributed by atoms with E-state index in [1.807, 2.05) is 6.92 Å². The van der Waals surface area contributed by atoms with Crippen molar-refractivity contribution in [2.75, 3.05) is 19.0 Å². The van der Waals surface area contributed by atoms with Gasteiger partial charge in [-0.15, -0.1) is 11.3 Å². The maximum atomic E-state index is 13.4. The number of carbonyl (C=O) groups is 2. The quantitative estimate of drug-likeness (QED) is 0.375. The fraction of sp³-hybridized carbons (Fsp3) is 0.625. The summed E-state index contributed by atoms with van der Waals surface area (Å²) in [4.78, 5) is 27.6. The highest BCUT2D eigenvalue weighted by Gasteiger charge is 2.55. The molecule has 38 heavy (non-hydrogen) atoms. The van der Waals surface area contributed by atoms with Gasteiger partial charge in [-0.2, -0.15) is 0 Å². The Balaban J connectivity index is 1.27. The van der Waals surface area contributed by atoms with Crippen LogP contribution in [-0.4, -0.2) is 25.6 Å². The Bertz CT molecular complexity index is 1230. The molecule has 0 radical (unpaired) electrons. The average Bonchev–Trinajstić information content (AvgIpc) is 3.62. The zero-order chi connectivity index (χ0) is 26.4. The van der Waals surface area contributed by atoms with Crippen LogP contribution in [0.5, 0.6) is 5.75 Å². The summed E-state index contributed by atoms with van der Waals surface area (Å²) in [5.41, 5.74) is 4.70. The van der Waals surface area contributed by atoms with Gasteiger partial charge < -0.3 is 14.8 Å². The number of amides is 1. The number of thiophene rings is 1. The van der Waals surface area contributed by atoms with Crippen molar-refractivity contribution in [2.45, 2.75) is 95.8 Å². The van der Waals surface area contributed by atoms with Gasteiger partial charge in [0.2, 0.25) is 5.91 Å². The Morgan fingerprint density at radius 1 is 1.16 bits per heavy atom. The van der Waals surface area contributed by atoms with Gasteiger partial charge in [0.05, 0.1) is 19.3 Å². The Labute approximate surface area is 230 Å². The van der Waals surface area contributed by atoms with E-state index in [9.17, 15) is 9.59 Å². The van der Waals surface area contributed by atoms with E-state index in [0.29, 0.717) is 47.3 Å². The zero-order valence-corrected chi connectivity index (χ0v) is 23.9. The number of carbonyl (C=O) groups excluding carboxylic acids is 2. The molecule has 6 heteroatoms. The number of ether oxygens (including phenoxy) is 2. The Hall–Kier alpha value is -2.34. The number of aryl methyl sites for hydroxylation is 1. The number of esters is 1. The number of anilines is 1. The predicted molar refractivity (Wildman–Crippen MR) is 151 cm³/mol. The van der Waals surface area contributed by atoms with Crippen molar-refractivity contribution in [2.24, 2.45) is 17.8 Å². The van der Waals surface area contributed by atoms with E-state index in [-0.39, 0.29) is 17.3 Å². The van der Waals surface area contributed by atoms with Crippen molar-refractivity contribution in [3.8, 4) is 5.75 Å². The van der Waals surface area contributed by atoms with Crippen molar-refractivity contribution in [1.29, 1.82) is 0 Å². The van der Waals surface area contributed by atoms with Crippen molar-refractivity contribution < 1.29 is 19.1 Å². The van der Waals surface area contributed by atoms with Crippen LogP contribution in [0.25, 0.3) is 0 Å². The minimum atomic E-state index is -0.277. The molecule has 1 aromatic carbocycles. The number of methoxy groups -OCH3 is 1. The molecule has 0 saturated heterocycles. The highest BCUT2D eigenvalue weighted by atomic mass is 32.1. The summed E-state index contributed by atoms with van der Waals surface area (Å²) in [5, 5.41) is 3.88. The van der Waals surface area contributed by atoms with Gasteiger partial charge in [-0.05, 0) is 103 Å². The van der Waals surface area contributed by atoms with Crippen LogP contribution in [-0.2, 0) is 27.8 Å². The summed E-state index contributed by atoms with van der Waals surface area (Å²) in [5.74, 6) is 3.07. The molecule has 0 unspecified atom stereocenters. The van der Waals surface area contributed by atoms with E-state index in [1.165, 1.54) is 53.7 Å². The number of rotatable bonds is 7. The summed E-state index contributed by atoms with van der Waals surface area (Å²) in [6.45, 7) is 4.57. The molecular formula is C32H41NO4S. The normalized spacial score (nSPS) is 27.7. The van der Waals surface area contributed by atoms with Gasteiger partial charge >= 0.3 is 5.97 Å². The molecular weight excluding hydrogens is 494 g/mol.